The van der Waals surface area contributed by atoms with Crippen molar-refractivity contribution in [3.05, 3.63) is 76.8 Å². The lowest BCUT2D eigenvalue weighted by atomic mass is 10.2. The first-order chi connectivity index (χ1) is 11.1. The molecule has 3 rings (SSSR count). The molecule has 0 aliphatic rings. The quantitative estimate of drug-likeness (QED) is 0.801. The number of rotatable bonds is 4. The molecule has 0 saturated heterocycles. The van der Waals surface area contributed by atoms with Crippen molar-refractivity contribution < 1.29 is 4.79 Å². The number of aromatic nitrogens is 3. The van der Waals surface area contributed by atoms with Gasteiger partial charge >= 0.3 is 0 Å². The van der Waals surface area contributed by atoms with Crippen molar-refractivity contribution in [3.8, 4) is 5.69 Å². The highest BCUT2D eigenvalue weighted by atomic mass is 35.5. The molecule has 2 aromatic heterocycles. The second kappa shape index (κ2) is 6.62. The number of carbonyl (C=O) groups excluding carboxylic acids is 1. The Bertz CT molecular complexity index is 812. The molecule has 0 aliphatic heterocycles. The fraction of sp³-hybridized carbons (Fsp3) is 0.118. The summed E-state index contributed by atoms with van der Waals surface area (Å²) in [4.78, 5) is 16.4. The molecule has 0 spiro atoms. The van der Waals surface area contributed by atoms with E-state index in [1.807, 2.05) is 31.2 Å². The maximum atomic E-state index is 12.3. The van der Waals surface area contributed by atoms with Crippen molar-refractivity contribution in [1.82, 2.24) is 20.1 Å². The van der Waals surface area contributed by atoms with Crippen LogP contribution in [0.5, 0.6) is 0 Å². The van der Waals surface area contributed by atoms with E-state index in [2.05, 4.69) is 15.4 Å². The Morgan fingerprint density at radius 2 is 2.00 bits per heavy atom. The highest BCUT2D eigenvalue weighted by Crippen LogP contribution is 2.17. The number of pyridine rings is 1. The van der Waals surface area contributed by atoms with E-state index in [9.17, 15) is 4.79 Å². The van der Waals surface area contributed by atoms with E-state index in [-0.39, 0.29) is 5.91 Å². The van der Waals surface area contributed by atoms with Crippen molar-refractivity contribution in [1.29, 1.82) is 0 Å². The number of hydrogen-bond acceptors (Lipinski definition) is 3. The Kier molecular flexibility index (Phi) is 4.39. The van der Waals surface area contributed by atoms with Gasteiger partial charge in [-0.15, -0.1) is 0 Å². The fourth-order valence-corrected chi connectivity index (χ4v) is 2.38. The van der Waals surface area contributed by atoms with Gasteiger partial charge in [-0.05, 0) is 42.8 Å². The van der Waals surface area contributed by atoms with Gasteiger partial charge in [-0.1, -0.05) is 17.7 Å². The van der Waals surface area contributed by atoms with Crippen molar-refractivity contribution in [3.63, 3.8) is 0 Å². The van der Waals surface area contributed by atoms with Gasteiger partial charge in [-0.25, -0.2) is 4.68 Å². The molecule has 0 radical (unpaired) electrons. The van der Waals surface area contributed by atoms with Gasteiger partial charge in [0.1, 0.15) is 0 Å². The molecule has 0 fully saturated rings. The maximum Gasteiger partial charge on any atom is 0.255 e. The highest BCUT2D eigenvalue weighted by molar-refractivity contribution is 6.30. The predicted molar refractivity (Wildman–Crippen MR) is 88.7 cm³/mol. The summed E-state index contributed by atoms with van der Waals surface area (Å²) in [5.41, 5.74) is 3.13. The molecule has 6 heteroatoms. The number of carbonyl (C=O) groups is 1. The van der Waals surface area contributed by atoms with E-state index >= 15 is 0 Å². The van der Waals surface area contributed by atoms with Gasteiger partial charge in [0.25, 0.3) is 5.91 Å². The van der Waals surface area contributed by atoms with Crippen molar-refractivity contribution in [2.45, 2.75) is 13.5 Å². The largest absolute Gasteiger partial charge is 0.348 e. The molecule has 0 unspecified atom stereocenters. The van der Waals surface area contributed by atoms with Gasteiger partial charge in [-0.2, -0.15) is 5.10 Å². The average molecular weight is 327 g/mol. The summed E-state index contributed by atoms with van der Waals surface area (Å²) in [6, 6.07) is 11.1. The van der Waals surface area contributed by atoms with Crippen LogP contribution in [0, 0.1) is 6.92 Å². The van der Waals surface area contributed by atoms with Gasteiger partial charge in [-0.3, -0.25) is 9.78 Å². The molecular formula is C17H15ClN4O. The predicted octanol–water partition coefficient (Wildman–Crippen LogP) is 3.16. The average Bonchev–Trinajstić information content (AvgIpc) is 2.96. The molecule has 5 nitrogen and oxygen atoms in total. The van der Waals surface area contributed by atoms with Gasteiger partial charge in [0.05, 0.1) is 23.1 Å². The molecule has 3 aromatic rings. The van der Waals surface area contributed by atoms with Crippen molar-refractivity contribution >= 4 is 17.5 Å². The van der Waals surface area contributed by atoms with Gasteiger partial charge in [0.15, 0.2) is 0 Å². The topological polar surface area (TPSA) is 59.8 Å². The van der Waals surface area contributed by atoms with E-state index in [1.54, 1.807) is 35.4 Å². The SMILES string of the molecule is Cc1c(C(=O)NCc2cccnc2)cnn1-c1ccc(Cl)cc1. The molecule has 0 saturated carbocycles. The molecule has 116 valence electrons. The second-order valence-corrected chi connectivity index (χ2v) is 5.51. The Morgan fingerprint density at radius 1 is 1.22 bits per heavy atom. The van der Waals surface area contributed by atoms with E-state index in [1.165, 1.54) is 0 Å². The van der Waals surface area contributed by atoms with E-state index in [0.717, 1.165) is 16.9 Å². The lowest BCUT2D eigenvalue weighted by molar-refractivity contribution is 0.0950. The van der Waals surface area contributed by atoms with Crippen LogP contribution in [-0.2, 0) is 6.54 Å². The Balaban J connectivity index is 1.76. The first-order valence-electron chi connectivity index (χ1n) is 7.13. The normalized spacial score (nSPS) is 10.5. The minimum absolute atomic E-state index is 0.161. The summed E-state index contributed by atoms with van der Waals surface area (Å²) in [5, 5.41) is 7.83. The minimum atomic E-state index is -0.161. The zero-order valence-corrected chi connectivity index (χ0v) is 13.3. The fourth-order valence-electron chi connectivity index (χ4n) is 2.26. The zero-order chi connectivity index (χ0) is 16.2. The standard InChI is InChI=1S/C17H15ClN4O/c1-12-16(17(23)20-10-13-3-2-8-19-9-13)11-21-22(12)15-6-4-14(18)5-7-15/h2-9,11H,10H2,1H3,(H,20,23). The zero-order valence-electron chi connectivity index (χ0n) is 12.5. The third-order valence-corrected chi connectivity index (χ3v) is 3.75. The van der Waals surface area contributed by atoms with Crippen molar-refractivity contribution in [2.24, 2.45) is 0 Å². The maximum absolute atomic E-state index is 12.3. The molecule has 1 aromatic carbocycles. The molecule has 0 aliphatic carbocycles. The number of halogens is 1. The number of nitrogens with zero attached hydrogens (tertiary/aromatic N) is 3. The second-order valence-electron chi connectivity index (χ2n) is 5.08. The summed E-state index contributed by atoms with van der Waals surface area (Å²) >= 11 is 5.90. The molecule has 0 atom stereocenters. The van der Waals surface area contributed by atoms with Crippen LogP contribution >= 0.6 is 11.6 Å². The van der Waals surface area contributed by atoms with Crippen LogP contribution in [0.1, 0.15) is 21.6 Å². The summed E-state index contributed by atoms with van der Waals surface area (Å²) in [7, 11) is 0. The van der Waals surface area contributed by atoms with Crippen molar-refractivity contribution in [2.75, 3.05) is 0 Å². The van der Waals surface area contributed by atoms with Gasteiger partial charge in [0, 0.05) is 24.0 Å². The number of benzene rings is 1. The molecular weight excluding hydrogens is 312 g/mol. The summed E-state index contributed by atoms with van der Waals surface area (Å²) in [5.74, 6) is -0.161. The lowest BCUT2D eigenvalue weighted by Crippen LogP contribution is -2.23. The first-order valence-corrected chi connectivity index (χ1v) is 7.50. The third kappa shape index (κ3) is 3.40. The van der Waals surface area contributed by atoms with Gasteiger partial charge < -0.3 is 5.32 Å². The monoisotopic (exact) mass is 326 g/mol. The number of hydrogen-bond donors (Lipinski definition) is 1. The molecule has 1 N–H and O–H groups in total. The van der Waals surface area contributed by atoms with Crippen LogP contribution in [0.2, 0.25) is 5.02 Å². The van der Waals surface area contributed by atoms with E-state index in [4.69, 9.17) is 11.6 Å². The highest BCUT2D eigenvalue weighted by Gasteiger charge is 2.14. The molecule has 0 bridgehead atoms. The Labute approximate surface area is 138 Å². The molecule has 1 amide bonds. The molecule has 2 heterocycles. The first kappa shape index (κ1) is 15.2. The minimum Gasteiger partial charge on any atom is -0.348 e. The van der Waals surface area contributed by atoms with Crippen LogP contribution in [0.4, 0.5) is 0 Å². The lowest BCUT2D eigenvalue weighted by Gasteiger charge is -2.07. The van der Waals surface area contributed by atoms with Crippen LogP contribution in [-0.4, -0.2) is 20.7 Å². The van der Waals surface area contributed by atoms with E-state index < -0.39 is 0 Å². The number of nitrogens with one attached hydrogen (secondary N) is 1. The van der Waals surface area contributed by atoms with Crippen LogP contribution in [0.15, 0.2) is 55.0 Å². The third-order valence-electron chi connectivity index (χ3n) is 3.50. The van der Waals surface area contributed by atoms with Gasteiger partial charge in [0.2, 0.25) is 0 Å². The van der Waals surface area contributed by atoms with E-state index in [0.29, 0.717) is 17.1 Å². The smallest absolute Gasteiger partial charge is 0.255 e. The number of amides is 1. The van der Waals surface area contributed by atoms with Crippen LogP contribution in [0.3, 0.4) is 0 Å². The van der Waals surface area contributed by atoms with Crippen LogP contribution < -0.4 is 5.32 Å². The van der Waals surface area contributed by atoms with Crippen LogP contribution in [0.25, 0.3) is 5.69 Å². The Hall–Kier alpha value is -2.66. The Morgan fingerprint density at radius 3 is 2.70 bits per heavy atom. The molecule has 23 heavy (non-hydrogen) atoms. The summed E-state index contributed by atoms with van der Waals surface area (Å²) in [6.45, 7) is 2.29. The summed E-state index contributed by atoms with van der Waals surface area (Å²) in [6.07, 6.45) is 5.00. The summed E-state index contributed by atoms with van der Waals surface area (Å²) < 4.78 is 1.72.